The van der Waals surface area contributed by atoms with Crippen molar-refractivity contribution in [1.29, 1.82) is 0 Å². The Morgan fingerprint density at radius 1 is 1.35 bits per heavy atom. The normalized spacial score (nSPS) is 11.5. The summed E-state index contributed by atoms with van der Waals surface area (Å²) in [4.78, 5) is 0. The van der Waals surface area contributed by atoms with Gasteiger partial charge in [-0.15, -0.1) is 0 Å². The van der Waals surface area contributed by atoms with Crippen molar-refractivity contribution in [2.24, 2.45) is 5.16 Å². The highest BCUT2D eigenvalue weighted by atomic mass is 35.5. The van der Waals surface area contributed by atoms with E-state index in [1.807, 2.05) is 30.3 Å². The summed E-state index contributed by atoms with van der Waals surface area (Å²) in [6.45, 7) is 0.539. The van der Waals surface area contributed by atoms with Crippen molar-refractivity contribution in [3.63, 3.8) is 0 Å². The third-order valence-corrected chi connectivity index (χ3v) is 2.33. The van der Waals surface area contributed by atoms with Crippen LogP contribution in [0.5, 0.6) is 0 Å². The minimum atomic E-state index is -0.179. The molecular weight excluding hydrogens is 244 g/mol. The van der Waals surface area contributed by atoms with E-state index < -0.39 is 0 Å². The van der Waals surface area contributed by atoms with Gasteiger partial charge in [0.2, 0.25) is 11.0 Å². The average molecular weight is 253 g/mol. The fraction of sp³-hybridized carbons (Fsp3) is 0.100. The molecule has 0 bridgehead atoms. The number of nitrogens with one attached hydrogen (secondary N) is 1. The van der Waals surface area contributed by atoms with Gasteiger partial charge in [-0.25, -0.2) is 4.63 Å². The largest absolute Gasteiger partial charge is 0.410 e. The van der Waals surface area contributed by atoms with Gasteiger partial charge in [-0.1, -0.05) is 47.1 Å². The molecule has 0 saturated carbocycles. The summed E-state index contributed by atoms with van der Waals surface area (Å²) in [5.74, 6) is 0.330. The number of nitrogens with zero attached hydrogens (tertiary/aromatic N) is 3. The molecule has 0 spiro atoms. The van der Waals surface area contributed by atoms with Crippen molar-refractivity contribution in [2.75, 3.05) is 5.32 Å². The van der Waals surface area contributed by atoms with E-state index in [1.54, 1.807) is 0 Å². The summed E-state index contributed by atoms with van der Waals surface area (Å²) in [6.07, 6.45) is 0. The third kappa shape index (κ3) is 2.73. The predicted octanol–water partition coefficient (Wildman–Crippen LogP) is 2.06. The van der Waals surface area contributed by atoms with Crippen LogP contribution in [0.1, 0.15) is 11.3 Å². The number of anilines is 1. The molecule has 0 fully saturated rings. The van der Waals surface area contributed by atoms with E-state index in [1.165, 1.54) is 0 Å². The second kappa shape index (κ2) is 5.31. The molecule has 0 radical (unpaired) electrons. The number of hydrogen-bond acceptors (Lipinski definition) is 6. The van der Waals surface area contributed by atoms with Crippen LogP contribution in [0.25, 0.3) is 0 Å². The molecule has 0 atom stereocenters. The van der Waals surface area contributed by atoms with Gasteiger partial charge in [0.25, 0.3) is 0 Å². The minimum Gasteiger partial charge on any atom is -0.410 e. The first-order valence-electron chi connectivity index (χ1n) is 4.79. The van der Waals surface area contributed by atoms with Crippen LogP contribution in [0.3, 0.4) is 0 Å². The average Bonchev–Trinajstić information content (AvgIpc) is 2.85. The molecule has 0 saturated heterocycles. The third-order valence-electron chi connectivity index (χ3n) is 2.07. The zero-order valence-electron chi connectivity index (χ0n) is 8.67. The Hall–Kier alpha value is -2.08. The number of aromatic nitrogens is 2. The van der Waals surface area contributed by atoms with Gasteiger partial charge in [0.15, 0.2) is 5.69 Å². The molecule has 2 N–H and O–H groups in total. The molecule has 0 aliphatic rings. The van der Waals surface area contributed by atoms with Crippen molar-refractivity contribution in [1.82, 2.24) is 10.3 Å². The van der Waals surface area contributed by atoms with Crippen LogP contribution in [0.2, 0.25) is 0 Å². The molecule has 0 amide bonds. The second-order valence-electron chi connectivity index (χ2n) is 3.19. The van der Waals surface area contributed by atoms with E-state index in [0.717, 1.165) is 5.56 Å². The Kier molecular flexibility index (Phi) is 3.56. The zero-order valence-corrected chi connectivity index (χ0v) is 9.42. The lowest BCUT2D eigenvalue weighted by molar-refractivity contribution is 0.305. The maximum absolute atomic E-state index is 8.54. The van der Waals surface area contributed by atoms with E-state index in [4.69, 9.17) is 16.8 Å². The van der Waals surface area contributed by atoms with E-state index >= 15 is 0 Å². The van der Waals surface area contributed by atoms with Crippen LogP contribution < -0.4 is 5.32 Å². The quantitative estimate of drug-likeness (QED) is 0.494. The Morgan fingerprint density at radius 2 is 2.12 bits per heavy atom. The number of hydrogen-bond donors (Lipinski definition) is 2. The van der Waals surface area contributed by atoms with Crippen molar-refractivity contribution < 1.29 is 9.84 Å². The first-order valence-corrected chi connectivity index (χ1v) is 5.17. The Balaban J connectivity index is 2.07. The highest BCUT2D eigenvalue weighted by Crippen LogP contribution is 2.14. The first kappa shape index (κ1) is 11.4. The summed E-state index contributed by atoms with van der Waals surface area (Å²) in [5, 5.41) is 21.3. The Bertz CT molecular complexity index is 512. The molecule has 17 heavy (non-hydrogen) atoms. The molecule has 6 nitrogen and oxygen atoms in total. The summed E-state index contributed by atoms with van der Waals surface area (Å²) in [6, 6.07) is 9.72. The maximum Gasteiger partial charge on any atom is 0.201 e. The van der Waals surface area contributed by atoms with E-state index in [9.17, 15) is 0 Å². The monoisotopic (exact) mass is 252 g/mol. The fourth-order valence-electron chi connectivity index (χ4n) is 1.27. The van der Waals surface area contributed by atoms with Crippen molar-refractivity contribution in [3.8, 4) is 0 Å². The number of rotatable bonds is 4. The van der Waals surface area contributed by atoms with Gasteiger partial charge < -0.3 is 10.5 Å². The topological polar surface area (TPSA) is 83.5 Å². The minimum absolute atomic E-state index is 0.171. The smallest absolute Gasteiger partial charge is 0.201 e. The van der Waals surface area contributed by atoms with Crippen molar-refractivity contribution >= 4 is 22.6 Å². The van der Waals surface area contributed by atoms with E-state index in [0.29, 0.717) is 12.4 Å². The predicted molar refractivity (Wildman–Crippen MR) is 62.2 cm³/mol. The summed E-state index contributed by atoms with van der Waals surface area (Å²) in [7, 11) is 0. The molecule has 1 heterocycles. The molecule has 2 rings (SSSR count). The first-order chi connectivity index (χ1) is 8.31. The van der Waals surface area contributed by atoms with Crippen molar-refractivity contribution in [2.45, 2.75) is 6.54 Å². The SMILES string of the molecule is O/N=C(/Cl)c1nonc1NCc1ccccc1. The number of halogens is 1. The summed E-state index contributed by atoms with van der Waals surface area (Å²) >= 11 is 5.62. The van der Waals surface area contributed by atoms with Gasteiger partial charge in [-0.3, -0.25) is 0 Å². The van der Waals surface area contributed by atoms with Gasteiger partial charge in [-0.05, 0) is 15.9 Å². The summed E-state index contributed by atoms with van der Waals surface area (Å²) < 4.78 is 4.52. The van der Waals surface area contributed by atoms with Gasteiger partial charge >= 0.3 is 0 Å². The maximum atomic E-state index is 8.54. The molecule has 0 unspecified atom stereocenters. The van der Waals surface area contributed by atoms with Gasteiger partial charge in [0.05, 0.1) is 0 Å². The lowest BCUT2D eigenvalue weighted by Gasteiger charge is -2.02. The van der Waals surface area contributed by atoms with Crippen molar-refractivity contribution in [3.05, 3.63) is 41.6 Å². The molecule has 88 valence electrons. The van der Waals surface area contributed by atoms with Crippen LogP contribution >= 0.6 is 11.6 Å². The molecule has 1 aromatic heterocycles. The van der Waals surface area contributed by atoms with Crippen LogP contribution in [-0.2, 0) is 6.54 Å². The van der Waals surface area contributed by atoms with Crippen LogP contribution in [0, 0.1) is 0 Å². The van der Waals surface area contributed by atoms with Crippen LogP contribution in [0.15, 0.2) is 40.1 Å². The number of oxime groups is 1. The van der Waals surface area contributed by atoms with Crippen LogP contribution in [-0.4, -0.2) is 20.7 Å². The zero-order chi connectivity index (χ0) is 12.1. The van der Waals surface area contributed by atoms with Gasteiger partial charge in [-0.2, -0.15) is 0 Å². The molecular formula is C10H9ClN4O2. The Labute approximate surface area is 102 Å². The van der Waals surface area contributed by atoms with E-state index in [2.05, 4.69) is 25.4 Å². The highest BCUT2D eigenvalue weighted by molar-refractivity contribution is 6.69. The molecule has 0 aliphatic heterocycles. The second-order valence-corrected chi connectivity index (χ2v) is 3.55. The fourth-order valence-corrected chi connectivity index (χ4v) is 1.39. The highest BCUT2D eigenvalue weighted by Gasteiger charge is 2.14. The standard InChI is InChI=1S/C10H9ClN4O2/c11-9(13-16)8-10(15-17-14-8)12-6-7-4-2-1-3-5-7/h1-5,16H,6H2,(H,12,15)/b13-9+. The Morgan fingerprint density at radius 3 is 2.82 bits per heavy atom. The van der Waals surface area contributed by atoms with Crippen LogP contribution in [0.4, 0.5) is 5.82 Å². The molecule has 7 heteroatoms. The lowest BCUT2D eigenvalue weighted by atomic mass is 10.2. The van der Waals surface area contributed by atoms with Gasteiger partial charge in [0.1, 0.15) is 0 Å². The number of benzene rings is 1. The summed E-state index contributed by atoms with van der Waals surface area (Å²) in [5.41, 5.74) is 1.24. The lowest BCUT2D eigenvalue weighted by Crippen LogP contribution is -2.04. The molecule has 0 aliphatic carbocycles. The molecule has 2 aromatic rings. The molecule has 1 aromatic carbocycles. The van der Waals surface area contributed by atoms with E-state index in [-0.39, 0.29) is 10.9 Å². The van der Waals surface area contributed by atoms with Gasteiger partial charge in [0, 0.05) is 6.54 Å².